The number of hydrogen-bond donors (Lipinski definition) is 1. The van der Waals surface area contributed by atoms with Crippen molar-refractivity contribution in [3.8, 4) is 0 Å². The summed E-state index contributed by atoms with van der Waals surface area (Å²) in [7, 11) is -3.21. The van der Waals surface area contributed by atoms with Crippen molar-refractivity contribution in [2.75, 3.05) is 13.2 Å². The lowest BCUT2D eigenvalue weighted by Gasteiger charge is -2.47. The van der Waals surface area contributed by atoms with Gasteiger partial charge in [-0.2, -0.15) is 0 Å². The number of hydrogen-bond acceptors (Lipinski definition) is 9. The van der Waals surface area contributed by atoms with Crippen LogP contribution in [0.25, 0.3) is 0 Å². The van der Waals surface area contributed by atoms with Crippen LogP contribution in [0.15, 0.2) is 195 Å². The highest BCUT2D eigenvalue weighted by Crippen LogP contribution is 2.38. The Hall–Kier alpha value is -5.73. The van der Waals surface area contributed by atoms with Crippen molar-refractivity contribution in [1.29, 1.82) is 0 Å². The van der Waals surface area contributed by atoms with Crippen molar-refractivity contribution in [3.63, 3.8) is 0 Å². The average Bonchev–Trinajstić information content (AvgIpc) is 3.37. The van der Waals surface area contributed by atoms with Gasteiger partial charge in [0.25, 0.3) is 8.32 Å². The van der Waals surface area contributed by atoms with Gasteiger partial charge in [0.2, 0.25) is 0 Å². The fourth-order valence-electron chi connectivity index (χ4n) is 8.95. The molecule has 7 atom stereocenters. The van der Waals surface area contributed by atoms with E-state index in [1.54, 1.807) is 6.08 Å². The lowest BCUT2D eigenvalue weighted by atomic mass is 9.97. The predicted molar refractivity (Wildman–Crippen MR) is 282 cm³/mol. The molecule has 0 aliphatic carbocycles. The fraction of sp³-hybridized carbons (Fsp3) is 0.350. The Morgan fingerprint density at radius 2 is 0.986 bits per heavy atom. The van der Waals surface area contributed by atoms with E-state index in [0.29, 0.717) is 6.61 Å². The lowest BCUT2D eigenvalue weighted by Crippen LogP contribution is -2.69. The van der Waals surface area contributed by atoms with Crippen LogP contribution in [0.4, 0.5) is 4.79 Å². The molecule has 1 aliphatic heterocycles. The van der Waals surface area contributed by atoms with Gasteiger partial charge in [-0.25, -0.2) is 4.79 Å². The topological polar surface area (TPSA) is 103 Å². The molecule has 7 rings (SSSR count). The highest BCUT2D eigenvalue weighted by Gasteiger charge is 2.53. The zero-order chi connectivity index (χ0) is 50.1. The molecule has 6 aromatic carbocycles. The monoisotopic (exact) mass is 977 g/mol. The van der Waals surface area contributed by atoms with E-state index in [9.17, 15) is 4.79 Å². The van der Waals surface area contributed by atoms with Crippen LogP contribution in [0.1, 0.15) is 63.8 Å². The summed E-state index contributed by atoms with van der Waals surface area (Å²) in [4.78, 5) is 14.0. The number of carbonyl (C=O) groups is 1. The summed E-state index contributed by atoms with van der Waals surface area (Å²) in [5.41, 5.74) is 3.16. The largest absolute Gasteiger partial charge is 0.444 e. The van der Waals surface area contributed by atoms with Crippen molar-refractivity contribution < 1.29 is 42.4 Å². The Labute approximate surface area is 422 Å². The van der Waals surface area contributed by atoms with E-state index >= 15 is 0 Å². The minimum absolute atomic E-state index is 0.0947. The number of carbonyl (C=O) groups excluding carboxylic acids is 1. The van der Waals surface area contributed by atoms with Crippen molar-refractivity contribution in [2.45, 2.75) is 121 Å². The third-order valence-corrected chi connectivity index (χ3v) is 17.4. The fourth-order valence-corrected chi connectivity index (χ4v) is 13.6. The molecule has 1 N–H and O–H groups in total. The highest BCUT2D eigenvalue weighted by molar-refractivity contribution is 6.99. The maximum absolute atomic E-state index is 14.0. The molecular weight excluding hydrogens is 907 g/mol. The molecule has 0 spiro atoms. The van der Waals surface area contributed by atoms with Gasteiger partial charge >= 0.3 is 6.09 Å². The molecule has 0 radical (unpaired) electrons. The van der Waals surface area contributed by atoms with E-state index in [1.165, 1.54) is 0 Å². The number of nitrogens with one attached hydrogen (secondary N) is 1. The molecule has 1 aliphatic rings. The molecule has 374 valence electrons. The average molecular weight is 978 g/mol. The number of amides is 1. The molecule has 1 fully saturated rings. The molecular formula is C60H71NO9Si. The van der Waals surface area contributed by atoms with Crippen LogP contribution in [0.3, 0.4) is 0 Å². The van der Waals surface area contributed by atoms with Gasteiger partial charge in [0.1, 0.15) is 30.0 Å². The summed E-state index contributed by atoms with van der Waals surface area (Å²) in [5.74, 6) is 0. The summed E-state index contributed by atoms with van der Waals surface area (Å²) in [5, 5.41) is 4.91. The molecule has 1 amide bonds. The minimum Gasteiger partial charge on any atom is -0.444 e. The summed E-state index contributed by atoms with van der Waals surface area (Å²) < 4.78 is 55.0. The molecule has 1 saturated heterocycles. The van der Waals surface area contributed by atoms with Crippen LogP contribution < -0.4 is 15.7 Å². The molecule has 0 bridgehead atoms. The number of rotatable bonds is 23. The summed E-state index contributed by atoms with van der Waals surface area (Å²) in [6, 6.07) is 59.9. The number of alkyl carbamates (subject to hydrolysis) is 1. The van der Waals surface area contributed by atoms with Gasteiger partial charge in [-0.1, -0.05) is 209 Å². The lowest BCUT2D eigenvalue weighted by molar-refractivity contribution is -0.329. The Morgan fingerprint density at radius 3 is 1.41 bits per heavy atom. The smallest absolute Gasteiger partial charge is 0.408 e. The van der Waals surface area contributed by atoms with E-state index in [0.717, 1.165) is 32.6 Å². The zero-order valence-electron chi connectivity index (χ0n) is 42.1. The van der Waals surface area contributed by atoms with Crippen LogP contribution in [0, 0.1) is 0 Å². The third kappa shape index (κ3) is 14.9. The number of benzene rings is 6. The molecule has 71 heavy (non-hydrogen) atoms. The quantitative estimate of drug-likeness (QED) is 0.0497. The Kier molecular flexibility index (Phi) is 19.1. The van der Waals surface area contributed by atoms with Crippen LogP contribution >= 0.6 is 0 Å². The van der Waals surface area contributed by atoms with Gasteiger partial charge in [-0.3, -0.25) is 0 Å². The first kappa shape index (κ1) is 53.1. The van der Waals surface area contributed by atoms with Crippen molar-refractivity contribution in [1.82, 2.24) is 5.32 Å². The second kappa shape index (κ2) is 25.6. The first-order valence-corrected chi connectivity index (χ1v) is 26.5. The summed E-state index contributed by atoms with van der Waals surface area (Å²) in [6.45, 7) is 17.6. The normalized spacial score (nSPS) is 19.3. The van der Waals surface area contributed by atoms with Gasteiger partial charge in [-0.05, 0) is 58.4 Å². The standard InChI is InChI=1S/C60H71NO9Si/c1-8-52(70-71(60(5,6)7,49-35-23-13-24-36-49)50-37-25-14-26-38-50)51(61-58(62)69-59(2,3)4)43-67-57-56(66-42-48-33-21-12-22-34-48)55(65-41-47-31-19-11-20-32-47)54(64-40-46-29-17-10-18-30-46)53(68-57)44-63-39-45-27-15-9-16-28-45/h8-38,51-57H,1,39-44H2,2-7H3,(H,61,62)/t51-,52+,53?,54-,55?,56+,57+/m0/s1. The van der Waals surface area contributed by atoms with Crippen molar-refractivity contribution in [2.24, 2.45) is 0 Å². The number of ether oxygens (including phenoxy) is 7. The van der Waals surface area contributed by atoms with Crippen molar-refractivity contribution in [3.05, 3.63) is 217 Å². The van der Waals surface area contributed by atoms with Crippen LogP contribution in [0.2, 0.25) is 5.04 Å². The van der Waals surface area contributed by atoms with Gasteiger partial charge < -0.3 is 42.9 Å². The third-order valence-electron chi connectivity index (χ3n) is 12.3. The van der Waals surface area contributed by atoms with Crippen LogP contribution in [-0.4, -0.2) is 76.1 Å². The minimum atomic E-state index is -3.21. The molecule has 1 heterocycles. The zero-order valence-corrected chi connectivity index (χ0v) is 43.1. The van der Waals surface area contributed by atoms with E-state index in [4.69, 9.17) is 37.6 Å². The first-order valence-electron chi connectivity index (χ1n) is 24.6. The highest BCUT2D eigenvalue weighted by atomic mass is 28.4. The molecule has 0 saturated carbocycles. The van der Waals surface area contributed by atoms with Crippen molar-refractivity contribution >= 4 is 24.8 Å². The SMILES string of the molecule is C=C[C@@H](O[Si](c1ccccc1)(c1ccccc1)C(C)(C)C)[C@H](CO[C@@H]1OC(COCc2ccccc2)[C@H](OCc2ccccc2)C(OCc2ccccc2)[C@H]1OCc1ccccc1)NC(=O)OC(C)(C)C. The summed E-state index contributed by atoms with van der Waals surface area (Å²) in [6.07, 6.45) is -3.65. The molecule has 2 unspecified atom stereocenters. The van der Waals surface area contributed by atoms with Crippen LogP contribution in [-0.2, 0) is 64.0 Å². The van der Waals surface area contributed by atoms with E-state index in [-0.39, 0.29) is 38.1 Å². The Bertz CT molecular complexity index is 2430. The van der Waals surface area contributed by atoms with E-state index in [1.807, 2.05) is 178 Å². The van der Waals surface area contributed by atoms with E-state index in [2.05, 4.69) is 56.9 Å². The molecule has 10 nitrogen and oxygen atoms in total. The Morgan fingerprint density at radius 1 is 0.577 bits per heavy atom. The second-order valence-electron chi connectivity index (χ2n) is 19.9. The molecule has 0 aromatic heterocycles. The predicted octanol–water partition coefficient (Wildman–Crippen LogP) is 10.7. The van der Waals surface area contributed by atoms with Gasteiger partial charge in [0.05, 0.1) is 51.8 Å². The van der Waals surface area contributed by atoms with Gasteiger partial charge in [0.15, 0.2) is 6.29 Å². The molecule has 6 aromatic rings. The maximum Gasteiger partial charge on any atom is 0.408 e. The Balaban J connectivity index is 1.28. The first-order chi connectivity index (χ1) is 34.3. The van der Waals surface area contributed by atoms with Crippen LogP contribution in [0.5, 0.6) is 0 Å². The van der Waals surface area contributed by atoms with E-state index < -0.39 is 62.9 Å². The maximum atomic E-state index is 14.0. The van der Waals surface area contributed by atoms with Gasteiger partial charge in [0, 0.05) is 0 Å². The van der Waals surface area contributed by atoms with Gasteiger partial charge in [-0.15, -0.1) is 6.58 Å². The summed E-state index contributed by atoms with van der Waals surface area (Å²) >= 11 is 0. The second-order valence-corrected chi connectivity index (χ2v) is 24.1. The molecule has 11 heteroatoms.